The zero-order chi connectivity index (χ0) is 16.8. The number of aromatic nitrogens is 1. The summed E-state index contributed by atoms with van der Waals surface area (Å²) >= 11 is 1.42. The molecule has 2 N–H and O–H groups in total. The van der Waals surface area contributed by atoms with Gasteiger partial charge in [-0.15, -0.1) is 11.3 Å². The number of carbonyl (C=O) groups is 1. The number of benzene rings is 1. The van der Waals surface area contributed by atoms with Crippen molar-refractivity contribution in [3.8, 4) is 10.6 Å². The lowest BCUT2D eigenvalue weighted by molar-refractivity contribution is 0.0680. The lowest BCUT2D eigenvalue weighted by Gasteiger charge is -2.19. The summed E-state index contributed by atoms with van der Waals surface area (Å²) in [5, 5.41) is 20.5. The molecule has 0 aliphatic heterocycles. The summed E-state index contributed by atoms with van der Waals surface area (Å²) in [7, 11) is 0. The van der Waals surface area contributed by atoms with Gasteiger partial charge in [-0.3, -0.25) is 4.79 Å². The highest BCUT2D eigenvalue weighted by Crippen LogP contribution is 2.26. The number of hydrogen-bond acceptors (Lipinski definition) is 5. The summed E-state index contributed by atoms with van der Waals surface area (Å²) in [6.45, 7) is 4.39. The van der Waals surface area contributed by atoms with Crippen molar-refractivity contribution in [2.45, 2.75) is 19.8 Å². The highest BCUT2D eigenvalue weighted by atomic mass is 32.1. The molecule has 23 heavy (non-hydrogen) atoms. The van der Waals surface area contributed by atoms with Crippen molar-refractivity contribution in [3.63, 3.8) is 0 Å². The molecular formula is C17H22N2O3S. The maximum absolute atomic E-state index is 12.4. The lowest BCUT2D eigenvalue weighted by Crippen LogP contribution is -2.36. The SMILES string of the molecule is CC(C)c1ccc(-c2nc(C(=O)N(CCO)CCO)cs2)cc1. The maximum Gasteiger partial charge on any atom is 0.273 e. The monoisotopic (exact) mass is 334 g/mol. The van der Waals surface area contributed by atoms with E-state index in [0.29, 0.717) is 11.6 Å². The van der Waals surface area contributed by atoms with E-state index in [-0.39, 0.29) is 32.2 Å². The third kappa shape index (κ3) is 4.37. The van der Waals surface area contributed by atoms with Crippen LogP contribution in [0.2, 0.25) is 0 Å². The molecule has 0 aliphatic rings. The molecule has 0 spiro atoms. The van der Waals surface area contributed by atoms with E-state index in [1.54, 1.807) is 5.38 Å². The van der Waals surface area contributed by atoms with Gasteiger partial charge in [0.05, 0.1) is 13.2 Å². The van der Waals surface area contributed by atoms with E-state index in [9.17, 15) is 4.79 Å². The van der Waals surface area contributed by atoms with Crippen LogP contribution in [0, 0.1) is 0 Å². The van der Waals surface area contributed by atoms with Crippen molar-refractivity contribution < 1.29 is 15.0 Å². The van der Waals surface area contributed by atoms with Crippen molar-refractivity contribution in [1.29, 1.82) is 0 Å². The summed E-state index contributed by atoms with van der Waals surface area (Å²) in [6.07, 6.45) is 0. The first-order valence-corrected chi connectivity index (χ1v) is 8.51. The summed E-state index contributed by atoms with van der Waals surface area (Å²) < 4.78 is 0. The van der Waals surface area contributed by atoms with Gasteiger partial charge in [-0.05, 0) is 11.5 Å². The zero-order valence-corrected chi connectivity index (χ0v) is 14.2. The van der Waals surface area contributed by atoms with Gasteiger partial charge in [0.1, 0.15) is 10.7 Å². The van der Waals surface area contributed by atoms with Crippen LogP contribution in [-0.4, -0.2) is 52.3 Å². The van der Waals surface area contributed by atoms with Crippen LogP contribution in [0.15, 0.2) is 29.6 Å². The fourth-order valence-electron chi connectivity index (χ4n) is 2.23. The first kappa shape index (κ1) is 17.6. The number of aliphatic hydroxyl groups is 2. The van der Waals surface area contributed by atoms with E-state index in [2.05, 4.69) is 31.0 Å². The molecule has 1 amide bonds. The van der Waals surface area contributed by atoms with Crippen LogP contribution in [0.25, 0.3) is 10.6 Å². The Balaban J connectivity index is 2.17. The van der Waals surface area contributed by atoms with Crippen molar-refractivity contribution in [3.05, 3.63) is 40.9 Å². The second kappa shape index (κ2) is 8.19. The van der Waals surface area contributed by atoms with Crippen LogP contribution in [0.1, 0.15) is 35.8 Å². The Morgan fingerprint density at radius 1 is 1.17 bits per heavy atom. The van der Waals surface area contributed by atoms with Crippen molar-refractivity contribution in [2.24, 2.45) is 0 Å². The van der Waals surface area contributed by atoms with Crippen LogP contribution in [0.4, 0.5) is 0 Å². The molecule has 0 unspecified atom stereocenters. The van der Waals surface area contributed by atoms with Gasteiger partial charge in [0, 0.05) is 24.0 Å². The van der Waals surface area contributed by atoms with E-state index < -0.39 is 0 Å². The molecule has 0 atom stereocenters. The van der Waals surface area contributed by atoms with E-state index in [1.165, 1.54) is 21.8 Å². The van der Waals surface area contributed by atoms with E-state index in [1.807, 2.05) is 12.1 Å². The minimum absolute atomic E-state index is 0.139. The number of thiazole rings is 1. The average molecular weight is 334 g/mol. The molecule has 2 rings (SSSR count). The highest BCUT2D eigenvalue weighted by molar-refractivity contribution is 7.13. The van der Waals surface area contributed by atoms with Gasteiger partial charge in [-0.25, -0.2) is 4.98 Å². The Morgan fingerprint density at radius 3 is 2.30 bits per heavy atom. The predicted molar refractivity (Wildman–Crippen MR) is 91.7 cm³/mol. The number of carbonyl (C=O) groups excluding carboxylic acids is 1. The second-order valence-electron chi connectivity index (χ2n) is 5.55. The van der Waals surface area contributed by atoms with Gasteiger partial charge >= 0.3 is 0 Å². The molecule has 5 nitrogen and oxygen atoms in total. The fraction of sp³-hybridized carbons (Fsp3) is 0.412. The van der Waals surface area contributed by atoms with Gasteiger partial charge in [0.2, 0.25) is 0 Å². The third-order valence-electron chi connectivity index (χ3n) is 3.57. The maximum atomic E-state index is 12.4. The minimum atomic E-state index is -0.269. The Kier molecular flexibility index (Phi) is 6.27. The zero-order valence-electron chi connectivity index (χ0n) is 13.4. The molecular weight excluding hydrogens is 312 g/mol. The normalized spacial score (nSPS) is 11.0. The second-order valence-corrected chi connectivity index (χ2v) is 6.41. The fourth-order valence-corrected chi connectivity index (χ4v) is 3.03. The molecule has 1 heterocycles. The smallest absolute Gasteiger partial charge is 0.273 e. The standard InChI is InChI=1S/C17H22N2O3S/c1-12(2)13-3-5-14(6-4-13)16-18-15(11-23-16)17(22)19(7-9-20)8-10-21/h3-6,11-12,20-21H,7-10H2,1-2H3. The summed E-state index contributed by atoms with van der Waals surface area (Å²) in [4.78, 5) is 18.2. The predicted octanol–water partition coefficient (Wildman–Crippen LogP) is 2.36. The van der Waals surface area contributed by atoms with Crippen LogP contribution < -0.4 is 0 Å². The molecule has 1 aromatic carbocycles. The first-order valence-electron chi connectivity index (χ1n) is 7.63. The van der Waals surface area contributed by atoms with Crippen LogP contribution in [-0.2, 0) is 0 Å². The molecule has 0 bridgehead atoms. The molecule has 0 fully saturated rings. The Morgan fingerprint density at radius 2 is 1.78 bits per heavy atom. The lowest BCUT2D eigenvalue weighted by atomic mass is 10.0. The largest absolute Gasteiger partial charge is 0.395 e. The summed E-state index contributed by atoms with van der Waals surface area (Å²) in [5.74, 6) is 0.206. The molecule has 124 valence electrons. The average Bonchev–Trinajstić information content (AvgIpc) is 3.04. The number of amides is 1. The van der Waals surface area contributed by atoms with Crippen LogP contribution in [0.5, 0.6) is 0 Å². The van der Waals surface area contributed by atoms with E-state index >= 15 is 0 Å². The van der Waals surface area contributed by atoms with Gasteiger partial charge in [0.25, 0.3) is 5.91 Å². The molecule has 0 radical (unpaired) electrons. The summed E-state index contributed by atoms with van der Waals surface area (Å²) in [5.41, 5.74) is 2.59. The van der Waals surface area contributed by atoms with Gasteiger partial charge in [-0.1, -0.05) is 38.1 Å². The van der Waals surface area contributed by atoms with Crippen LogP contribution in [0.3, 0.4) is 0 Å². The number of hydrogen-bond donors (Lipinski definition) is 2. The van der Waals surface area contributed by atoms with Gasteiger partial charge in [0.15, 0.2) is 0 Å². The third-order valence-corrected chi connectivity index (χ3v) is 4.47. The first-order chi connectivity index (χ1) is 11.1. The molecule has 0 aliphatic carbocycles. The minimum Gasteiger partial charge on any atom is -0.395 e. The topological polar surface area (TPSA) is 73.7 Å². The Bertz CT molecular complexity index is 632. The van der Waals surface area contributed by atoms with Crippen LogP contribution >= 0.6 is 11.3 Å². The van der Waals surface area contributed by atoms with E-state index in [4.69, 9.17) is 10.2 Å². The number of aliphatic hydroxyl groups excluding tert-OH is 2. The Labute approximate surface area is 140 Å². The van der Waals surface area contributed by atoms with Gasteiger partial charge < -0.3 is 15.1 Å². The highest BCUT2D eigenvalue weighted by Gasteiger charge is 2.18. The van der Waals surface area contributed by atoms with E-state index in [0.717, 1.165) is 10.6 Å². The Hall–Kier alpha value is -1.76. The molecule has 6 heteroatoms. The summed E-state index contributed by atoms with van der Waals surface area (Å²) in [6, 6.07) is 8.18. The molecule has 0 saturated heterocycles. The number of nitrogens with zero attached hydrogens (tertiary/aromatic N) is 2. The molecule has 2 aromatic rings. The molecule has 0 saturated carbocycles. The van der Waals surface area contributed by atoms with Gasteiger partial charge in [-0.2, -0.15) is 0 Å². The quantitative estimate of drug-likeness (QED) is 0.815. The molecule has 1 aromatic heterocycles. The van der Waals surface area contributed by atoms with Crippen molar-refractivity contribution >= 4 is 17.2 Å². The van der Waals surface area contributed by atoms with Crippen molar-refractivity contribution in [2.75, 3.05) is 26.3 Å². The number of rotatable bonds is 7. The van der Waals surface area contributed by atoms with Crippen molar-refractivity contribution in [1.82, 2.24) is 9.88 Å².